The number of nitrogens with zero attached hydrogens (tertiary/aromatic N) is 4. The van der Waals surface area contributed by atoms with E-state index < -0.39 is 23.4 Å². The van der Waals surface area contributed by atoms with Crippen LogP contribution in [0, 0.1) is 0 Å². The Hall–Kier alpha value is -3.56. The minimum atomic E-state index is -4.61. The SMILES string of the molecule is O=C(c1nn(-c2ccccc2C(F)(F)F)cc1[O-])N1CCN(c2cccc[nH+]2)CC1. The molecule has 1 N–H and O–H groups in total. The first-order valence-corrected chi connectivity index (χ1v) is 9.29. The van der Waals surface area contributed by atoms with Crippen LogP contribution in [0.2, 0.25) is 0 Å². The van der Waals surface area contributed by atoms with E-state index in [0.717, 1.165) is 22.8 Å². The van der Waals surface area contributed by atoms with Gasteiger partial charge in [-0.25, -0.2) is 9.67 Å². The van der Waals surface area contributed by atoms with Crippen molar-refractivity contribution in [3.8, 4) is 11.4 Å². The summed E-state index contributed by atoms with van der Waals surface area (Å²) in [7, 11) is 0. The van der Waals surface area contributed by atoms with E-state index in [0.29, 0.717) is 26.2 Å². The minimum Gasteiger partial charge on any atom is -0.870 e. The Bertz CT molecular complexity index is 1040. The van der Waals surface area contributed by atoms with Gasteiger partial charge in [-0.05, 0) is 18.2 Å². The van der Waals surface area contributed by atoms with Crippen LogP contribution in [0.25, 0.3) is 5.69 Å². The fraction of sp³-hybridized carbons (Fsp3) is 0.250. The fourth-order valence-electron chi connectivity index (χ4n) is 3.42. The number of aromatic amines is 1. The number of anilines is 1. The summed E-state index contributed by atoms with van der Waals surface area (Å²) in [5.41, 5.74) is -1.61. The van der Waals surface area contributed by atoms with Crippen molar-refractivity contribution < 1.29 is 28.1 Å². The summed E-state index contributed by atoms with van der Waals surface area (Å²) in [5, 5.41) is 16.2. The fourth-order valence-corrected chi connectivity index (χ4v) is 3.42. The first-order chi connectivity index (χ1) is 14.3. The van der Waals surface area contributed by atoms with Gasteiger partial charge in [0.1, 0.15) is 18.8 Å². The van der Waals surface area contributed by atoms with Gasteiger partial charge in [0.05, 0.1) is 30.5 Å². The van der Waals surface area contributed by atoms with Crippen LogP contribution in [0.3, 0.4) is 0 Å². The van der Waals surface area contributed by atoms with E-state index in [1.54, 1.807) is 0 Å². The van der Waals surface area contributed by atoms with Gasteiger partial charge in [-0.2, -0.15) is 18.3 Å². The Morgan fingerprint density at radius 3 is 2.40 bits per heavy atom. The largest absolute Gasteiger partial charge is 0.870 e. The van der Waals surface area contributed by atoms with Crippen molar-refractivity contribution >= 4 is 11.7 Å². The summed E-state index contributed by atoms with van der Waals surface area (Å²) in [6.07, 6.45) is -1.89. The summed E-state index contributed by atoms with van der Waals surface area (Å²) >= 11 is 0. The predicted molar refractivity (Wildman–Crippen MR) is 99.1 cm³/mol. The number of carbonyl (C=O) groups is 1. The van der Waals surface area contributed by atoms with Gasteiger partial charge in [0.25, 0.3) is 11.7 Å². The third kappa shape index (κ3) is 3.80. The number of para-hydroxylation sites is 1. The molecule has 0 unspecified atom stereocenters. The number of carbonyl (C=O) groups excluding carboxylic acids is 1. The predicted octanol–water partition coefficient (Wildman–Crippen LogP) is 1.74. The number of hydrogen-bond acceptors (Lipinski definition) is 4. The minimum absolute atomic E-state index is 0.300. The van der Waals surface area contributed by atoms with Crippen molar-refractivity contribution in [3.05, 3.63) is 66.1 Å². The molecule has 2 aromatic heterocycles. The summed E-state index contributed by atoms with van der Waals surface area (Å²) < 4.78 is 40.6. The maximum Gasteiger partial charge on any atom is 0.418 e. The Kier molecular flexibility index (Phi) is 5.06. The second-order valence-corrected chi connectivity index (χ2v) is 6.83. The first-order valence-electron chi connectivity index (χ1n) is 9.29. The highest BCUT2D eigenvalue weighted by Gasteiger charge is 2.34. The van der Waals surface area contributed by atoms with Gasteiger partial charge < -0.3 is 10.0 Å². The molecule has 10 heteroatoms. The quantitative estimate of drug-likeness (QED) is 0.651. The summed E-state index contributed by atoms with van der Waals surface area (Å²) in [4.78, 5) is 19.5. The molecule has 156 valence electrons. The van der Waals surface area contributed by atoms with Crippen LogP contribution < -0.4 is 15.0 Å². The van der Waals surface area contributed by atoms with E-state index in [9.17, 15) is 23.1 Å². The number of rotatable bonds is 3. The van der Waals surface area contributed by atoms with Crippen LogP contribution in [0.1, 0.15) is 16.1 Å². The summed E-state index contributed by atoms with van der Waals surface area (Å²) in [6, 6.07) is 10.5. The van der Waals surface area contributed by atoms with Gasteiger partial charge in [0, 0.05) is 12.3 Å². The van der Waals surface area contributed by atoms with E-state index in [1.165, 1.54) is 23.1 Å². The smallest absolute Gasteiger partial charge is 0.418 e. The maximum atomic E-state index is 13.3. The lowest BCUT2D eigenvalue weighted by Gasteiger charge is -2.30. The monoisotopic (exact) mass is 417 g/mol. The molecule has 1 amide bonds. The summed E-state index contributed by atoms with van der Waals surface area (Å²) in [5.74, 6) is -0.377. The molecule has 0 aliphatic carbocycles. The van der Waals surface area contributed by atoms with Gasteiger partial charge in [-0.3, -0.25) is 9.69 Å². The molecule has 0 saturated carbocycles. The number of hydrogen-bond donors (Lipinski definition) is 0. The Morgan fingerprint density at radius 2 is 1.73 bits per heavy atom. The van der Waals surface area contributed by atoms with Crippen molar-refractivity contribution in [1.82, 2.24) is 14.7 Å². The van der Waals surface area contributed by atoms with Gasteiger partial charge in [0.15, 0.2) is 0 Å². The maximum absolute atomic E-state index is 13.3. The number of aromatic nitrogens is 3. The molecule has 0 radical (unpaired) electrons. The van der Waals surface area contributed by atoms with Crippen molar-refractivity contribution in [2.45, 2.75) is 6.18 Å². The zero-order valence-electron chi connectivity index (χ0n) is 15.8. The molecule has 7 nitrogen and oxygen atoms in total. The molecule has 0 spiro atoms. The van der Waals surface area contributed by atoms with Gasteiger partial charge >= 0.3 is 6.18 Å². The average Bonchev–Trinajstić information content (AvgIpc) is 3.15. The molecule has 1 aromatic carbocycles. The molecular formula is C20H18F3N5O2. The van der Waals surface area contributed by atoms with E-state index in [-0.39, 0.29) is 11.4 Å². The lowest BCUT2D eigenvalue weighted by molar-refractivity contribution is -0.364. The molecule has 1 aliphatic rings. The van der Waals surface area contributed by atoms with Gasteiger partial charge in [-0.15, -0.1) is 0 Å². The van der Waals surface area contributed by atoms with Crippen LogP contribution in [0.5, 0.6) is 5.75 Å². The second kappa shape index (κ2) is 7.69. The van der Waals surface area contributed by atoms with Crippen molar-refractivity contribution in [2.75, 3.05) is 31.1 Å². The molecule has 1 aliphatic heterocycles. The zero-order chi connectivity index (χ0) is 21.3. The molecule has 3 aromatic rings. The Morgan fingerprint density at radius 1 is 1.03 bits per heavy atom. The number of halogens is 3. The number of pyridine rings is 1. The number of amides is 1. The lowest BCUT2D eigenvalue weighted by Crippen LogP contribution is -2.50. The van der Waals surface area contributed by atoms with Crippen LogP contribution in [0.15, 0.2) is 54.9 Å². The molecule has 4 rings (SSSR count). The molecule has 1 saturated heterocycles. The highest BCUT2D eigenvalue weighted by Crippen LogP contribution is 2.34. The van der Waals surface area contributed by atoms with Gasteiger partial charge in [0.2, 0.25) is 0 Å². The average molecular weight is 417 g/mol. The number of nitrogens with one attached hydrogen (secondary N) is 1. The molecular weight excluding hydrogens is 399 g/mol. The van der Waals surface area contributed by atoms with Gasteiger partial charge in [-0.1, -0.05) is 23.9 Å². The molecule has 0 bridgehead atoms. The first kappa shape index (κ1) is 19.7. The Labute approximate surface area is 170 Å². The van der Waals surface area contributed by atoms with E-state index in [2.05, 4.69) is 15.0 Å². The second-order valence-electron chi connectivity index (χ2n) is 6.83. The number of benzene rings is 1. The molecule has 1 fully saturated rings. The molecule has 3 heterocycles. The van der Waals surface area contributed by atoms with Crippen molar-refractivity contribution in [3.63, 3.8) is 0 Å². The zero-order valence-corrected chi connectivity index (χ0v) is 15.8. The van der Waals surface area contributed by atoms with E-state index >= 15 is 0 Å². The Balaban J connectivity index is 1.53. The van der Waals surface area contributed by atoms with E-state index in [1.807, 2.05) is 24.4 Å². The van der Waals surface area contributed by atoms with Crippen molar-refractivity contribution in [1.29, 1.82) is 0 Å². The molecule has 0 atom stereocenters. The third-order valence-corrected chi connectivity index (χ3v) is 4.94. The van der Waals surface area contributed by atoms with Crippen LogP contribution in [0.4, 0.5) is 19.0 Å². The number of H-pyrrole nitrogens is 1. The highest BCUT2D eigenvalue weighted by atomic mass is 19.4. The summed E-state index contributed by atoms with van der Waals surface area (Å²) in [6.45, 7) is 1.84. The standard InChI is InChI=1S/C20H18F3N5O2/c21-20(22,23)14-5-1-2-6-15(14)28-13-16(29)18(25-28)19(30)27-11-9-26(10-12-27)17-7-3-4-8-24-17/h1-8,13,29H,9-12H2. The van der Waals surface area contributed by atoms with Crippen LogP contribution in [-0.2, 0) is 6.18 Å². The normalized spacial score (nSPS) is 14.8. The number of piperazine rings is 1. The molecule has 30 heavy (non-hydrogen) atoms. The number of alkyl halides is 3. The topological polar surface area (TPSA) is 78.6 Å². The van der Waals surface area contributed by atoms with Crippen LogP contribution >= 0.6 is 0 Å². The lowest BCUT2D eigenvalue weighted by atomic mass is 10.2. The third-order valence-electron chi connectivity index (χ3n) is 4.94. The highest BCUT2D eigenvalue weighted by molar-refractivity contribution is 5.94. The van der Waals surface area contributed by atoms with Crippen LogP contribution in [-0.4, -0.2) is 46.8 Å². The van der Waals surface area contributed by atoms with Crippen molar-refractivity contribution in [2.24, 2.45) is 0 Å². The van der Waals surface area contributed by atoms with E-state index in [4.69, 9.17) is 0 Å².